The summed E-state index contributed by atoms with van der Waals surface area (Å²) in [6.45, 7) is 2.16. The molecule has 0 aromatic carbocycles. The Balaban J connectivity index is 2.22. The van der Waals surface area contributed by atoms with Crippen LogP contribution in [-0.2, 0) is 0 Å². The zero-order chi connectivity index (χ0) is 12.4. The molecule has 1 aliphatic rings. The molecule has 0 aliphatic heterocycles. The lowest BCUT2D eigenvalue weighted by molar-refractivity contribution is 0.0708. The van der Waals surface area contributed by atoms with Crippen molar-refractivity contribution in [1.82, 2.24) is 9.88 Å². The van der Waals surface area contributed by atoms with E-state index in [0.29, 0.717) is 17.8 Å². The number of nitrogens with zero attached hydrogens (tertiary/aromatic N) is 2. The summed E-state index contributed by atoms with van der Waals surface area (Å²) >= 11 is 0. The number of hydrogen-bond donors (Lipinski definition) is 2. The van der Waals surface area contributed by atoms with Crippen molar-refractivity contribution in [3.05, 3.63) is 23.5 Å². The standard InChI is InChI=1S/C12H17N3O2/c1-8-6-11(13)10(7-14-8)12(17)15(4-5-16)9-2-3-9/h6-7,9,16H,2-5H2,1H3,(H2,13,14). The second-order valence-corrected chi connectivity index (χ2v) is 4.37. The normalized spacial score (nSPS) is 14.7. The van der Waals surface area contributed by atoms with Gasteiger partial charge >= 0.3 is 0 Å². The average molecular weight is 235 g/mol. The summed E-state index contributed by atoms with van der Waals surface area (Å²) in [6, 6.07) is 1.95. The molecule has 1 fully saturated rings. The van der Waals surface area contributed by atoms with Gasteiger partial charge in [-0.15, -0.1) is 0 Å². The van der Waals surface area contributed by atoms with Crippen molar-refractivity contribution in [2.75, 3.05) is 18.9 Å². The predicted molar refractivity (Wildman–Crippen MR) is 64.5 cm³/mol. The number of anilines is 1. The summed E-state index contributed by atoms with van der Waals surface area (Å²) in [5, 5.41) is 8.98. The monoisotopic (exact) mass is 235 g/mol. The molecule has 92 valence electrons. The van der Waals surface area contributed by atoms with Crippen LogP contribution in [0.1, 0.15) is 28.9 Å². The lowest BCUT2D eigenvalue weighted by atomic mass is 10.2. The molecule has 1 aromatic rings. The summed E-state index contributed by atoms with van der Waals surface area (Å²) in [5.41, 5.74) is 7.49. The first-order chi connectivity index (χ1) is 8.13. The van der Waals surface area contributed by atoms with Crippen molar-refractivity contribution in [2.24, 2.45) is 0 Å². The fourth-order valence-electron chi connectivity index (χ4n) is 1.86. The van der Waals surface area contributed by atoms with E-state index < -0.39 is 0 Å². The molecular formula is C12H17N3O2. The lowest BCUT2D eigenvalue weighted by Gasteiger charge is -2.21. The molecule has 2 rings (SSSR count). The minimum atomic E-state index is -0.133. The van der Waals surface area contributed by atoms with Crippen LogP contribution in [0.4, 0.5) is 5.69 Å². The van der Waals surface area contributed by atoms with Gasteiger partial charge < -0.3 is 15.7 Å². The molecule has 3 N–H and O–H groups in total. The molecule has 0 spiro atoms. The van der Waals surface area contributed by atoms with Crippen LogP contribution < -0.4 is 5.73 Å². The van der Waals surface area contributed by atoms with Crippen molar-refractivity contribution in [3.63, 3.8) is 0 Å². The third-order valence-corrected chi connectivity index (χ3v) is 2.89. The number of hydrogen-bond acceptors (Lipinski definition) is 4. The van der Waals surface area contributed by atoms with Crippen LogP contribution in [0.15, 0.2) is 12.3 Å². The number of nitrogen functional groups attached to an aromatic ring is 1. The van der Waals surface area contributed by atoms with Gasteiger partial charge in [-0.3, -0.25) is 9.78 Å². The molecule has 5 heteroatoms. The molecule has 0 radical (unpaired) electrons. The topological polar surface area (TPSA) is 79.5 Å². The molecule has 1 saturated carbocycles. The Kier molecular flexibility index (Phi) is 3.28. The quantitative estimate of drug-likeness (QED) is 0.799. The van der Waals surface area contributed by atoms with Gasteiger partial charge in [-0.2, -0.15) is 0 Å². The fraction of sp³-hybridized carbons (Fsp3) is 0.500. The molecule has 0 atom stereocenters. The molecule has 0 bridgehead atoms. The number of aryl methyl sites for hydroxylation is 1. The smallest absolute Gasteiger partial charge is 0.257 e. The first-order valence-corrected chi connectivity index (χ1v) is 5.77. The van der Waals surface area contributed by atoms with Crippen molar-refractivity contribution in [3.8, 4) is 0 Å². The maximum Gasteiger partial charge on any atom is 0.257 e. The first-order valence-electron chi connectivity index (χ1n) is 5.77. The molecule has 1 heterocycles. The van der Waals surface area contributed by atoms with Gasteiger partial charge in [0.15, 0.2) is 0 Å². The summed E-state index contributed by atoms with van der Waals surface area (Å²) in [4.78, 5) is 18.0. The Bertz CT molecular complexity index is 430. The highest BCUT2D eigenvalue weighted by atomic mass is 16.3. The van der Waals surface area contributed by atoms with E-state index in [0.717, 1.165) is 18.5 Å². The number of carbonyl (C=O) groups is 1. The van der Waals surface area contributed by atoms with E-state index in [1.54, 1.807) is 11.0 Å². The van der Waals surface area contributed by atoms with Crippen LogP contribution in [0, 0.1) is 6.92 Å². The Morgan fingerprint density at radius 2 is 2.35 bits per heavy atom. The third kappa shape index (κ3) is 2.55. The van der Waals surface area contributed by atoms with Gasteiger partial charge in [-0.05, 0) is 25.8 Å². The van der Waals surface area contributed by atoms with E-state index in [4.69, 9.17) is 10.8 Å². The second kappa shape index (κ2) is 4.71. The molecule has 5 nitrogen and oxygen atoms in total. The zero-order valence-electron chi connectivity index (χ0n) is 9.89. The Hall–Kier alpha value is -1.62. The molecule has 0 saturated heterocycles. The van der Waals surface area contributed by atoms with Gasteiger partial charge in [0, 0.05) is 30.2 Å². The molecule has 1 aliphatic carbocycles. The van der Waals surface area contributed by atoms with E-state index in [1.807, 2.05) is 6.92 Å². The van der Waals surface area contributed by atoms with Crippen LogP contribution in [0.25, 0.3) is 0 Å². The van der Waals surface area contributed by atoms with Gasteiger partial charge in [-0.25, -0.2) is 0 Å². The number of aliphatic hydroxyl groups is 1. The summed E-state index contributed by atoms with van der Waals surface area (Å²) < 4.78 is 0. The molecule has 1 amide bonds. The number of aliphatic hydroxyl groups excluding tert-OH is 1. The number of amides is 1. The van der Waals surface area contributed by atoms with Crippen molar-refractivity contribution in [1.29, 1.82) is 0 Å². The minimum absolute atomic E-state index is 0.0264. The average Bonchev–Trinajstić information content (AvgIpc) is 3.09. The van der Waals surface area contributed by atoms with Crippen LogP contribution in [-0.4, -0.2) is 40.1 Å². The zero-order valence-corrected chi connectivity index (χ0v) is 9.89. The first kappa shape index (κ1) is 11.9. The molecule has 1 aromatic heterocycles. The minimum Gasteiger partial charge on any atom is -0.398 e. The van der Waals surface area contributed by atoms with Gasteiger partial charge in [0.1, 0.15) is 0 Å². The highest BCUT2D eigenvalue weighted by molar-refractivity contribution is 5.99. The van der Waals surface area contributed by atoms with Crippen LogP contribution in [0.2, 0.25) is 0 Å². The van der Waals surface area contributed by atoms with Gasteiger partial charge in [-0.1, -0.05) is 0 Å². The van der Waals surface area contributed by atoms with Crippen LogP contribution in [0.5, 0.6) is 0 Å². The lowest BCUT2D eigenvalue weighted by Crippen LogP contribution is -2.36. The fourth-order valence-corrected chi connectivity index (χ4v) is 1.86. The highest BCUT2D eigenvalue weighted by Crippen LogP contribution is 2.28. The summed E-state index contributed by atoms with van der Waals surface area (Å²) in [7, 11) is 0. The van der Waals surface area contributed by atoms with E-state index in [-0.39, 0.29) is 18.6 Å². The Labute approximate surface area is 100 Å². The van der Waals surface area contributed by atoms with Gasteiger partial charge in [0.05, 0.1) is 12.2 Å². The predicted octanol–water partition coefficient (Wildman–Crippen LogP) is 0.569. The SMILES string of the molecule is Cc1cc(N)c(C(=O)N(CCO)C2CC2)cn1. The Morgan fingerprint density at radius 1 is 1.65 bits per heavy atom. The van der Waals surface area contributed by atoms with E-state index in [1.165, 1.54) is 6.20 Å². The second-order valence-electron chi connectivity index (χ2n) is 4.37. The highest BCUT2D eigenvalue weighted by Gasteiger charge is 2.33. The number of pyridine rings is 1. The van der Waals surface area contributed by atoms with Gasteiger partial charge in [0.25, 0.3) is 5.91 Å². The molecule has 0 unspecified atom stereocenters. The van der Waals surface area contributed by atoms with Crippen molar-refractivity contribution < 1.29 is 9.90 Å². The van der Waals surface area contributed by atoms with Crippen LogP contribution >= 0.6 is 0 Å². The maximum atomic E-state index is 12.2. The number of rotatable bonds is 4. The largest absolute Gasteiger partial charge is 0.398 e. The van der Waals surface area contributed by atoms with Gasteiger partial charge in [0.2, 0.25) is 0 Å². The maximum absolute atomic E-state index is 12.2. The van der Waals surface area contributed by atoms with E-state index in [9.17, 15) is 4.79 Å². The Morgan fingerprint density at radius 3 is 2.88 bits per heavy atom. The van der Waals surface area contributed by atoms with Crippen LogP contribution in [0.3, 0.4) is 0 Å². The molecular weight excluding hydrogens is 218 g/mol. The number of carbonyl (C=O) groups excluding carboxylic acids is 1. The van der Waals surface area contributed by atoms with E-state index in [2.05, 4.69) is 4.98 Å². The number of nitrogens with two attached hydrogens (primary N) is 1. The van der Waals surface area contributed by atoms with Crippen molar-refractivity contribution in [2.45, 2.75) is 25.8 Å². The summed E-state index contributed by atoms with van der Waals surface area (Å²) in [5.74, 6) is -0.133. The third-order valence-electron chi connectivity index (χ3n) is 2.89. The van der Waals surface area contributed by atoms with Crippen molar-refractivity contribution >= 4 is 11.6 Å². The number of aromatic nitrogens is 1. The molecule has 17 heavy (non-hydrogen) atoms. The van der Waals surface area contributed by atoms with E-state index >= 15 is 0 Å². The summed E-state index contributed by atoms with van der Waals surface area (Å²) in [6.07, 6.45) is 3.52.